The molecule has 3 heteroatoms. The molecule has 2 saturated carbocycles. The van der Waals surface area contributed by atoms with E-state index in [1.54, 1.807) is 0 Å². The average Bonchev–Trinajstić information content (AvgIpc) is 2.68. The van der Waals surface area contributed by atoms with Crippen molar-refractivity contribution in [2.45, 2.75) is 82.0 Å². The predicted octanol–water partition coefficient (Wildman–Crippen LogP) is 4.01. The zero-order chi connectivity index (χ0) is 12.8. The van der Waals surface area contributed by atoms with Crippen LogP contribution >= 0.6 is 11.6 Å². The molecule has 2 nitrogen and oxygen atoms in total. The Morgan fingerprint density at radius 1 is 0.889 bits per heavy atom. The van der Waals surface area contributed by atoms with Gasteiger partial charge in [-0.25, -0.2) is 0 Å². The van der Waals surface area contributed by atoms with Crippen molar-refractivity contribution in [3.05, 3.63) is 0 Å². The number of carbonyl (C=O) groups excluding carboxylic acids is 1. The molecule has 2 aliphatic rings. The SMILES string of the molecule is O=C(NC1CCCCC1)C(Cl)C1CCCCCC1. The van der Waals surface area contributed by atoms with E-state index in [1.807, 2.05) is 0 Å². The molecule has 0 aliphatic heterocycles. The lowest BCUT2D eigenvalue weighted by atomic mass is 9.93. The second kappa shape index (κ2) is 7.37. The van der Waals surface area contributed by atoms with Crippen molar-refractivity contribution in [1.29, 1.82) is 0 Å². The fourth-order valence-corrected chi connectivity index (χ4v) is 3.66. The molecule has 1 amide bonds. The molecule has 0 aromatic heterocycles. The monoisotopic (exact) mass is 271 g/mol. The Labute approximate surface area is 116 Å². The van der Waals surface area contributed by atoms with Crippen molar-refractivity contribution < 1.29 is 4.79 Å². The van der Waals surface area contributed by atoms with E-state index in [4.69, 9.17) is 11.6 Å². The maximum atomic E-state index is 12.2. The number of nitrogens with one attached hydrogen (secondary N) is 1. The number of hydrogen-bond donors (Lipinski definition) is 1. The zero-order valence-corrected chi connectivity index (χ0v) is 12.1. The maximum absolute atomic E-state index is 12.2. The van der Waals surface area contributed by atoms with Crippen molar-refractivity contribution in [1.82, 2.24) is 5.32 Å². The van der Waals surface area contributed by atoms with Crippen molar-refractivity contribution in [2.75, 3.05) is 0 Å². The van der Waals surface area contributed by atoms with E-state index in [2.05, 4.69) is 5.32 Å². The minimum absolute atomic E-state index is 0.0930. The first-order valence-corrected chi connectivity index (χ1v) is 8.15. The van der Waals surface area contributed by atoms with Crippen LogP contribution in [-0.4, -0.2) is 17.3 Å². The lowest BCUT2D eigenvalue weighted by Gasteiger charge is -2.26. The van der Waals surface area contributed by atoms with Crippen LogP contribution in [0.2, 0.25) is 0 Å². The van der Waals surface area contributed by atoms with E-state index in [9.17, 15) is 4.79 Å². The van der Waals surface area contributed by atoms with E-state index in [-0.39, 0.29) is 11.3 Å². The van der Waals surface area contributed by atoms with Crippen LogP contribution in [0.25, 0.3) is 0 Å². The van der Waals surface area contributed by atoms with Gasteiger partial charge in [0.15, 0.2) is 0 Å². The fourth-order valence-electron chi connectivity index (χ4n) is 3.35. The molecule has 0 saturated heterocycles. The highest BCUT2D eigenvalue weighted by Crippen LogP contribution is 2.29. The van der Waals surface area contributed by atoms with E-state index < -0.39 is 0 Å². The van der Waals surface area contributed by atoms with E-state index in [0.29, 0.717) is 12.0 Å². The molecule has 18 heavy (non-hydrogen) atoms. The molecule has 1 atom stereocenters. The molecule has 2 fully saturated rings. The summed E-state index contributed by atoms with van der Waals surface area (Å²) in [6.45, 7) is 0. The molecule has 0 aromatic rings. The second-order valence-corrected chi connectivity index (χ2v) is 6.47. The summed E-state index contributed by atoms with van der Waals surface area (Å²) in [5, 5.41) is 2.86. The van der Waals surface area contributed by atoms with E-state index >= 15 is 0 Å². The average molecular weight is 272 g/mol. The first-order valence-electron chi connectivity index (χ1n) is 7.72. The van der Waals surface area contributed by atoms with Crippen molar-refractivity contribution in [2.24, 2.45) is 5.92 Å². The first kappa shape index (κ1) is 14.2. The van der Waals surface area contributed by atoms with E-state index in [0.717, 1.165) is 25.7 Å². The Kier molecular flexibility index (Phi) is 5.81. The van der Waals surface area contributed by atoms with Gasteiger partial charge >= 0.3 is 0 Å². The van der Waals surface area contributed by atoms with Gasteiger partial charge in [0.1, 0.15) is 5.38 Å². The third-order valence-electron chi connectivity index (χ3n) is 4.52. The highest BCUT2D eigenvalue weighted by molar-refractivity contribution is 6.31. The molecule has 1 unspecified atom stereocenters. The quantitative estimate of drug-likeness (QED) is 0.610. The fraction of sp³-hybridized carbons (Fsp3) is 0.933. The topological polar surface area (TPSA) is 29.1 Å². The first-order chi connectivity index (χ1) is 8.77. The largest absolute Gasteiger partial charge is 0.352 e. The normalized spacial score (nSPS) is 25.4. The highest BCUT2D eigenvalue weighted by Gasteiger charge is 2.28. The van der Waals surface area contributed by atoms with E-state index in [1.165, 1.54) is 44.9 Å². The number of alkyl halides is 1. The van der Waals surface area contributed by atoms with Crippen LogP contribution in [-0.2, 0) is 4.79 Å². The van der Waals surface area contributed by atoms with Gasteiger partial charge in [0.2, 0.25) is 5.91 Å². The van der Waals surface area contributed by atoms with Crippen LogP contribution < -0.4 is 5.32 Å². The maximum Gasteiger partial charge on any atom is 0.238 e. The lowest BCUT2D eigenvalue weighted by molar-refractivity contribution is -0.122. The van der Waals surface area contributed by atoms with Gasteiger partial charge in [0.05, 0.1) is 0 Å². The van der Waals surface area contributed by atoms with Crippen LogP contribution in [0.15, 0.2) is 0 Å². The third-order valence-corrected chi connectivity index (χ3v) is 5.07. The van der Waals surface area contributed by atoms with Gasteiger partial charge in [-0.1, -0.05) is 44.9 Å². The molecule has 104 valence electrons. The van der Waals surface area contributed by atoms with Gasteiger partial charge in [-0.2, -0.15) is 0 Å². The Balaban J connectivity index is 1.79. The summed E-state index contributed by atoms with van der Waals surface area (Å²) in [6, 6.07) is 0.387. The number of carbonyl (C=O) groups is 1. The highest BCUT2D eigenvalue weighted by atomic mass is 35.5. The molecule has 0 bridgehead atoms. The Bertz CT molecular complexity index is 255. The smallest absolute Gasteiger partial charge is 0.238 e. The molecule has 0 heterocycles. The third kappa shape index (κ3) is 4.15. The molecular formula is C15H26ClNO. The number of amides is 1. The van der Waals surface area contributed by atoms with Crippen LogP contribution in [0.3, 0.4) is 0 Å². The summed E-state index contributed by atoms with van der Waals surface area (Å²) >= 11 is 6.39. The summed E-state index contributed by atoms with van der Waals surface area (Å²) in [7, 11) is 0. The van der Waals surface area contributed by atoms with Crippen LogP contribution in [0.5, 0.6) is 0 Å². The van der Waals surface area contributed by atoms with Gasteiger partial charge in [0, 0.05) is 6.04 Å². The number of halogens is 1. The molecular weight excluding hydrogens is 246 g/mol. The summed E-state index contributed by atoms with van der Waals surface area (Å²) < 4.78 is 0. The molecule has 2 aliphatic carbocycles. The Morgan fingerprint density at radius 2 is 1.39 bits per heavy atom. The summed E-state index contributed by atoms with van der Waals surface area (Å²) in [5.41, 5.74) is 0. The van der Waals surface area contributed by atoms with Gasteiger partial charge in [-0.05, 0) is 31.6 Å². The molecule has 1 N–H and O–H groups in total. The molecule has 2 rings (SSSR count). The Hall–Kier alpha value is -0.240. The van der Waals surface area contributed by atoms with Crippen LogP contribution in [0, 0.1) is 5.92 Å². The second-order valence-electron chi connectivity index (χ2n) is 6.00. The minimum atomic E-state index is -0.301. The van der Waals surface area contributed by atoms with Crippen LogP contribution in [0.4, 0.5) is 0 Å². The number of hydrogen-bond acceptors (Lipinski definition) is 1. The molecule has 0 spiro atoms. The van der Waals surface area contributed by atoms with Gasteiger partial charge in [-0.15, -0.1) is 11.6 Å². The summed E-state index contributed by atoms with van der Waals surface area (Å²) in [5.74, 6) is 0.494. The predicted molar refractivity (Wildman–Crippen MR) is 75.8 cm³/mol. The summed E-state index contributed by atoms with van der Waals surface area (Å²) in [4.78, 5) is 12.2. The van der Waals surface area contributed by atoms with Crippen LogP contribution in [0.1, 0.15) is 70.6 Å². The standard InChI is InChI=1S/C15H26ClNO/c16-14(12-8-4-1-2-5-9-12)15(18)17-13-10-6-3-7-11-13/h12-14H,1-11H2,(H,17,18). The zero-order valence-electron chi connectivity index (χ0n) is 11.3. The van der Waals surface area contributed by atoms with Gasteiger partial charge < -0.3 is 5.32 Å². The molecule has 0 aromatic carbocycles. The van der Waals surface area contributed by atoms with Gasteiger partial charge in [-0.3, -0.25) is 4.79 Å². The van der Waals surface area contributed by atoms with Gasteiger partial charge in [0.25, 0.3) is 0 Å². The van der Waals surface area contributed by atoms with Crippen molar-refractivity contribution >= 4 is 17.5 Å². The minimum Gasteiger partial charge on any atom is -0.352 e. The summed E-state index contributed by atoms with van der Waals surface area (Å²) in [6.07, 6.45) is 13.5. The molecule has 0 radical (unpaired) electrons. The van der Waals surface area contributed by atoms with Crippen molar-refractivity contribution in [3.63, 3.8) is 0 Å². The Morgan fingerprint density at radius 3 is 2.00 bits per heavy atom. The number of rotatable bonds is 3. The lowest BCUT2D eigenvalue weighted by Crippen LogP contribution is -2.42. The van der Waals surface area contributed by atoms with Crippen molar-refractivity contribution in [3.8, 4) is 0 Å².